The molecule has 0 aromatic carbocycles. The number of thiazole rings is 1. The summed E-state index contributed by atoms with van der Waals surface area (Å²) in [5, 5.41) is 4.71. The third-order valence-corrected chi connectivity index (χ3v) is 5.14. The van der Waals surface area contributed by atoms with Gasteiger partial charge in [0.2, 0.25) is 0 Å². The molecule has 0 saturated heterocycles. The van der Waals surface area contributed by atoms with Gasteiger partial charge >= 0.3 is 0 Å². The highest BCUT2D eigenvalue weighted by Crippen LogP contribution is 2.32. The molecule has 0 radical (unpaired) electrons. The van der Waals surface area contributed by atoms with E-state index in [9.17, 15) is 0 Å². The van der Waals surface area contributed by atoms with Crippen LogP contribution in [0.5, 0.6) is 0 Å². The molecular weight excluding hydrogens is 278 g/mol. The number of anilines is 1. The lowest BCUT2D eigenvalue weighted by Gasteiger charge is -2.27. The summed E-state index contributed by atoms with van der Waals surface area (Å²) in [7, 11) is 2.17. The van der Waals surface area contributed by atoms with Crippen molar-refractivity contribution in [2.45, 2.75) is 67.0 Å². The zero-order valence-electron chi connectivity index (χ0n) is 15.0. The van der Waals surface area contributed by atoms with Crippen molar-refractivity contribution in [3.8, 4) is 0 Å². The van der Waals surface area contributed by atoms with Gasteiger partial charge in [0.25, 0.3) is 0 Å². The van der Waals surface area contributed by atoms with Gasteiger partial charge in [-0.2, -0.15) is 0 Å². The van der Waals surface area contributed by atoms with Crippen molar-refractivity contribution in [1.29, 1.82) is 0 Å². The Kier molecular flexibility index (Phi) is 7.14. The highest BCUT2D eigenvalue weighted by Gasteiger charge is 2.20. The fraction of sp³-hybridized carbons (Fsp3) is 0.824. The van der Waals surface area contributed by atoms with E-state index in [4.69, 9.17) is 4.98 Å². The largest absolute Gasteiger partial charge is 0.348 e. The van der Waals surface area contributed by atoms with Crippen molar-refractivity contribution < 1.29 is 0 Å². The minimum Gasteiger partial charge on any atom is -0.348 e. The van der Waals surface area contributed by atoms with E-state index in [1.165, 1.54) is 10.6 Å². The average molecular weight is 312 g/mol. The lowest BCUT2D eigenvalue weighted by atomic mass is 10.1. The van der Waals surface area contributed by atoms with E-state index in [1.54, 1.807) is 0 Å². The first-order valence-corrected chi connectivity index (χ1v) is 8.98. The molecule has 0 spiro atoms. The summed E-state index contributed by atoms with van der Waals surface area (Å²) in [6, 6.07) is 0.507. The number of rotatable bonds is 8. The fourth-order valence-corrected chi connectivity index (χ4v) is 3.41. The molecule has 0 saturated carbocycles. The molecule has 0 fully saturated rings. The Morgan fingerprint density at radius 2 is 1.71 bits per heavy atom. The zero-order valence-corrected chi connectivity index (χ0v) is 15.8. The van der Waals surface area contributed by atoms with Crippen LogP contribution in [0.4, 0.5) is 5.13 Å². The van der Waals surface area contributed by atoms with Gasteiger partial charge in [0.05, 0.1) is 5.69 Å². The van der Waals surface area contributed by atoms with E-state index in [1.807, 2.05) is 11.3 Å². The van der Waals surface area contributed by atoms with Gasteiger partial charge in [-0.3, -0.25) is 0 Å². The fourth-order valence-electron chi connectivity index (χ4n) is 2.18. The third kappa shape index (κ3) is 5.26. The highest BCUT2D eigenvalue weighted by atomic mass is 32.1. The Labute approximate surface area is 135 Å². The van der Waals surface area contributed by atoms with Gasteiger partial charge in [0.15, 0.2) is 5.13 Å². The quantitative estimate of drug-likeness (QED) is 0.766. The van der Waals surface area contributed by atoms with Crippen LogP contribution >= 0.6 is 11.3 Å². The van der Waals surface area contributed by atoms with Crippen LogP contribution < -0.4 is 10.2 Å². The number of hydrogen-bond donors (Lipinski definition) is 1. The van der Waals surface area contributed by atoms with Gasteiger partial charge in [-0.1, -0.05) is 41.5 Å². The molecule has 0 aliphatic rings. The first-order valence-electron chi connectivity index (χ1n) is 8.17. The van der Waals surface area contributed by atoms with Gasteiger partial charge in [0.1, 0.15) is 0 Å². The summed E-state index contributed by atoms with van der Waals surface area (Å²) in [4.78, 5) is 8.63. The summed E-state index contributed by atoms with van der Waals surface area (Å²) in [6.07, 6.45) is 0. The van der Waals surface area contributed by atoms with Crippen molar-refractivity contribution >= 4 is 16.5 Å². The van der Waals surface area contributed by atoms with Gasteiger partial charge in [-0.15, -0.1) is 11.3 Å². The predicted molar refractivity (Wildman–Crippen MR) is 95.5 cm³/mol. The molecule has 1 aromatic rings. The second-order valence-electron chi connectivity index (χ2n) is 7.08. The predicted octanol–water partition coefficient (Wildman–Crippen LogP) is 4.49. The number of nitrogens with one attached hydrogen (secondary N) is 1. The molecule has 0 bridgehead atoms. The lowest BCUT2D eigenvalue weighted by molar-refractivity contribution is 0.504. The number of nitrogens with zero attached hydrogens (tertiary/aromatic N) is 2. The standard InChI is InChI=1S/C17H33N3S/c1-11(2)9-18-10-15-16(13(5)6)19-17(21-15)20(8)14(7)12(3)4/h11-14,18H,9-10H2,1-8H3. The maximum absolute atomic E-state index is 4.92. The average Bonchev–Trinajstić information content (AvgIpc) is 2.80. The smallest absolute Gasteiger partial charge is 0.185 e. The minimum absolute atomic E-state index is 0.480. The van der Waals surface area contributed by atoms with Crippen LogP contribution in [0.3, 0.4) is 0 Å². The molecule has 122 valence electrons. The molecule has 1 atom stereocenters. The summed E-state index contributed by atoms with van der Waals surface area (Å²) < 4.78 is 0. The summed E-state index contributed by atoms with van der Waals surface area (Å²) in [5.74, 6) is 1.79. The maximum atomic E-state index is 4.92. The highest BCUT2D eigenvalue weighted by molar-refractivity contribution is 7.15. The van der Waals surface area contributed by atoms with Crippen molar-refractivity contribution in [2.75, 3.05) is 18.5 Å². The molecule has 0 aliphatic carbocycles. The molecule has 0 amide bonds. The third-order valence-electron chi connectivity index (χ3n) is 3.98. The van der Waals surface area contributed by atoms with Crippen molar-refractivity contribution in [1.82, 2.24) is 10.3 Å². The topological polar surface area (TPSA) is 28.2 Å². The van der Waals surface area contributed by atoms with Gasteiger partial charge in [-0.25, -0.2) is 4.98 Å². The zero-order chi connectivity index (χ0) is 16.2. The normalized spacial score (nSPS) is 13.5. The Bertz CT molecular complexity index is 424. The molecule has 1 N–H and O–H groups in total. The van der Waals surface area contributed by atoms with Crippen molar-refractivity contribution in [3.63, 3.8) is 0 Å². The first kappa shape index (κ1) is 18.4. The van der Waals surface area contributed by atoms with Crippen LogP contribution in [0.2, 0.25) is 0 Å². The van der Waals surface area contributed by atoms with Crippen molar-refractivity contribution in [2.24, 2.45) is 11.8 Å². The second kappa shape index (κ2) is 8.14. The minimum atomic E-state index is 0.480. The monoisotopic (exact) mass is 311 g/mol. The summed E-state index contributed by atoms with van der Waals surface area (Å²) in [6.45, 7) is 17.8. The second-order valence-corrected chi connectivity index (χ2v) is 8.14. The first-order chi connectivity index (χ1) is 9.73. The van der Waals surface area contributed by atoms with E-state index in [-0.39, 0.29) is 0 Å². The molecule has 1 unspecified atom stereocenters. The van der Waals surface area contributed by atoms with Crippen LogP contribution in [0.25, 0.3) is 0 Å². The van der Waals surface area contributed by atoms with E-state index in [0.717, 1.165) is 18.2 Å². The van der Waals surface area contributed by atoms with Crippen LogP contribution in [0.1, 0.15) is 65.0 Å². The molecule has 1 heterocycles. The molecular formula is C17H33N3S. The molecule has 4 heteroatoms. The molecule has 0 aliphatic heterocycles. The molecule has 1 rings (SSSR count). The Hall–Kier alpha value is -0.610. The van der Waals surface area contributed by atoms with E-state index < -0.39 is 0 Å². The number of hydrogen-bond acceptors (Lipinski definition) is 4. The summed E-state index contributed by atoms with van der Waals surface area (Å²) >= 11 is 1.85. The Balaban J connectivity index is 2.88. The Morgan fingerprint density at radius 3 is 2.19 bits per heavy atom. The van der Waals surface area contributed by atoms with Gasteiger partial charge < -0.3 is 10.2 Å². The lowest BCUT2D eigenvalue weighted by Crippen LogP contribution is -2.33. The Morgan fingerprint density at radius 1 is 1.10 bits per heavy atom. The van der Waals surface area contributed by atoms with Gasteiger partial charge in [0, 0.05) is 24.5 Å². The van der Waals surface area contributed by atoms with Gasteiger partial charge in [-0.05, 0) is 31.2 Å². The van der Waals surface area contributed by atoms with E-state index in [2.05, 4.69) is 65.7 Å². The van der Waals surface area contributed by atoms with Crippen LogP contribution in [-0.2, 0) is 6.54 Å². The molecule has 21 heavy (non-hydrogen) atoms. The number of aromatic nitrogens is 1. The maximum Gasteiger partial charge on any atom is 0.185 e. The summed E-state index contributed by atoms with van der Waals surface area (Å²) in [5.41, 5.74) is 1.26. The van der Waals surface area contributed by atoms with E-state index in [0.29, 0.717) is 23.8 Å². The van der Waals surface area contributed by atoms with Crippen molar-refractivity contribution in [3.05, 3.63) is 10.6 Å². The van der Waals surface area contributed by atoms with Crippen LogP contribution in [-0.4, -0.2) is 24.6 Å². The molecule has 3 nitrogen and oxygen atoms in total. The molecule has 1 aromatic heterocycles. The van der Waals surface area contributed by atoms with Crippen LogP contribution in [0.15, 0.2) is 0 Å². The SMILES string of the molecule is CC(C)CNCc1sc(N(C)C(C)C(C)C)nc1C(C)C. The van der Waals surface area contributed by atoms with Crippen LogP contribution in [0, 0.1) is 11.8 Å². The van der Waals surface area contributed by atoms with E-state index >= 15 is 0 Å².